The van der Waals surface area contributed by atoms with Crippen LogP contribution >= 0.6 is 0 Å². The Labute approximate surface area is 171 Å². The molecule has 0 radical (unpaired) electrons. The van der Waals surface area contributed by atoms with E-state index in [0.717, 1.165) is 17.5 Å². The molecule has 156 valence electrons. The SMILES string of the molecule is COc1cc2c(cc1OC)[C@H](COc1ccc(F)cc1)N(C(=O)C(C)(C)C)CC2. The van der Waals surface area contributed by atoms with E-state index in [-0.39, 0.29) is 24.4 Å². The fraction of sp³-hybridized carbons (Fsp3) is 0.435. The number of halogens is 1. The number of fused-ring (bicyclic) bond motifs is 1. The molecule has 1 aliphatic heterocycles. The lowest BCUT2D eigenvalue weighted by Gasteiger charge is -2.40. The van der Waals surface area contributed by atoms with Crippen LogP contribution in [0.1, 0.15) is 37.9 Å². The van der Waals surface area contributed by atoms with Gasteiger partial charge in [-0.2, -0.15) is 0 Å². The smallest absolute Gasteiger partial charge is 0.228 e. The first-order chi connectivity index (χ1) is 13.7. The van der Waals surface area contributed by atoms with E-state index >= 15 is 0 Å². The predicted octanol–water partition coefficient (Wildman–Crippen LogP) is 4.39. The lowest BCUT2D eigenvalue weighted by molar-refractivity contribution is -0.143. The van der Waals surface area contributed by atoms with Crippen molar-refractivity contribution in [2.24, 2.45) is 5.41 Å². The van der Waals surface area contributed by atoms with E-state index in [2.05, 4.69) is 0 Å². The van der Waals surface area contributed by atoms with Gasteiger partial charge in [-0.15, -0.1) is 0 Å². The second-order valence-corrected chi connectivity index (χ2v) is 8.19. The van der Waals surface area contributed by atoms with Crippen LogP contribution in [0.4, 0.5) is 4.39 Å². The summed E-state index contributed by atoms with van der Waals surface area (Å²) < 4.78 is 30.1. The summed E-state index contributed by atoms with van der Waals surface area (Å²) in [7, 11) is 3.20. The molecule has 0 spiro atoms. The van der Waals surface area contributed by atoms with Gasteiger partial charge in [0, 0.05) is 12.0 Å². The first-order valence-corrected chi connectivity index (χ1v) is 9.69. The second-order valence-electron chi connectivity index (χ2n) is 8.19. The standard InChI is InChI=1S/C23H28FNO4/c1-23(2,3)22(26)25-11-10-15-12-20(27-4)21(28-5)13-18(15)19(25)14-29-17-8-6-16(24)7-9-17/h6-9,12-13,19H,10-11,14H2,1-5H3/t19-/m0/s1. The summed E-state index contributed by atoms with van der Waals surface area (Å²) in [6, 6.07) is 9.50. The molecule has 29 heavy (non-hydrogen) atoms. The number of amides is 1. The highest BCUT2D eigenvalue weighted by molar-refractivity contribution is 5.82. The van der Waals surface area contributed by atoms with Crippen molar-refractivity contribution in [2.75, 3.05) is 27.4 Å². The van der Waals surface area contributed by atoms with Crippen LogP contribution in [0.15, 0.2) is 36.4 Å². The van der Waals surface area contributed by atoms with Gasteiger partial charge in [-0.3, -0.25) is 4.79 Å². The second kappa shape index (κ2) is 8.31. The largest absolute Gasteiger partial charge is 0.493 e. The average molecular weight is 401 g/mol. The van der Waals surface area contributed by atoms with Crippen molar-refractivity contribution < 1.29 is 23.4 Å². The van der Waals surface area contributed by atoms with E-state index in [4.69, 9.17) is 14.2 Å². The van der Waals surface area contributed by atoms with Crippen molar-refractivity contribution in [1.82, 2.24) is 4.90 Å². The Morgan fingerprint density at radius 1 is 1.10 bits per heavy atom. The Morgan fingerprint density at radius 3 is 2.31 bits per heavy atom. The molecule has 1 amide bonds. The van der Waals surface area contributed by atoms with Gasteiger partial charge in [-0.25, -0.2) is 4.39 Å². The zero-order valence-corrected chi connectivity index (χ0v) is 17.6. The van der Waals surface area contributed by atoms with E-state index < -0.39 is 5.41 Å². The highest BCUT2D eigenvalue weighted by Gasteiger charge is 2.37. The summed E-state index contributed by atoms with van der Waals surface area (Å²) in [6.45, 7) is 6.60. The van der Waals surface area contributed by atoms with Gasteiger partial charge >= 0.3 is 0 Å². The van der Waals surface area contributed by atoms with E-state index in [0.29, 0.717) is 23.8 Å². The molecule has 3 rings (SSSR count). The molecule has 5 nitrogen and oxygen atoms in total. The van der Waals surface area contributed by atoms with Gasteiger partial charge < -0.3 is 19.1 Å². The van der Waals surface area contributed by atoms with Crippen molar-refractivity contribution in [3.8, 4) is 17.2 Å². The number of rotatable bonds is 5. The molecule has 0 aromatic heterocycles. The third-order valence-corrected chi connectivity index (χ3v) is 5.13. The number of benzene rings is 2. The molecule has 1 aliphatic rings. The summed E-state index contributed by atoms with van der Waals surface area (Å²) in [5.74, 6) is 1.58. The zero-order chi connectivity index (χ0) is 21.2. The molecule has 0 N–H and O–H groups in total. The quantitative estimate of drug-likeness (QED) is 0.745. The Hall–Kier alpha value is -2.76. The molecule has 2 aromatic carbocycles. The topological polar surface area (TPSA) is 48.0 Å². The van der Waals surface area contributed by atoms with E-state index in [1.807, 2.05) is 37.8 Å². The van der Waals surface area contributed by atoms with Crippen LogP contribution < -0.4 is 14.2 Å². The average Bonchev–Trinajstić information content (AvgIpc) is 2.70. The molecule has 0 aliphatic carbocycles. The molecular weight excluding hydrogens is 373 g/mol. The van der Waals surface area contributed by atoms with Crippen molar-refractivity contribution in [1.29, 1.82) is 0 Å². The number of nitrogens with zero attached hydrogens (tertiary/aromatic N) is 1. The number of hydrogen-bond donors (Lipinski definition) is 0. The number of hydrogen-bond acceptors (Lipinski definition) is 4. The Bertz CT molecular complexity index is 874. The zero-order valence-electron chi connectivity index (χ0n) is 17.6. The molecule has 6 heteroatoms. The fourth-order valence-corrected chi connectivity index (χ4v) is 3.59. The number of carbonyl (C=O) groups is 1. The summed E-state index contributed by atoms with van der Waals surface area (Å²) in [4.78, 5) is 15.0. The molecule has 2 aromatic rings. The molecule has 0 saturated heterocycles. The Balaban J connectivity index is 1.97. The van der Waals surface area contributed by atoms with Crippen molar-refractivity contribution in [2.45, 2.75) is 33.2 Å². The van der Waals surface area contributed by atoms with Crippen LogP contribution in [0.5, 0.6) is 17.2 Å². The fourth-order valence-electron chi connectivity index (χ4n) is 3.59. The number of carbonyl (C=O) groups excluding carboxylic acids is 1. The van der Waals surface area contributed by atoms with E-state index in [1.165, 1.54) is 12.1 Å². The van der Waals surface area contributed by atoms with Crippen molar-refractivity contribution in [3.05, 3.63) is 53.3 Å². The molecule has 1 heterocycles. The third kappa shape index (κ3) is 4.47. The maximum atomic E-state index is 13.2. The highest BCUT2D eigenvalue weighted by Crippen LogP contribution is 2.39. The van der Waals surface area contributed by atoms with Gasteiger partial charge in [0.15, 0.2) is 11.5 Å². The third-order valence-electron chi connectivity index (χ3n) is 5.13. The molecule has 0 unspecified atom stereocenters. The van der Waals surface area contributed by atoms with E-state index in [1.54, 1.807) is 26.4 Å². The van der Waals surface area contributed by atoms with Gasteiger partial charge in [0.25, 0.3) is 0 Å². The summed E-state index contributed by atoms with van der Waals surface area (Å²) in [6.07, 6.45) is 0.727. The van der Waals surface area contributed by atoms with Crippen LogP contribution in [0, 0.1) is 11.2 Å². The van der Waals surface area contributed by atoms with E-state index in [9.17, 15) is 9.18 Å². The van der Waals surface area contributed by atoms with Gasteiger partial charge in [0.2, 0.25) is 5.91 Å². The minimum absolute atomic E-state index is 0.0608. The molecule has 0 fully saturated rings. The normalized spacial score (nSPS) is 16.2. The summed E-state index contributed by atoms with van der Waals surface area (Å²) >= 11 is 0. The predicted molar refractivity (Wildman–Crippen MR) is 109 cm³/mol. The van der Waals surface area contributed by atoms with Crippen LogP contribution in [0.2, 0.25) is 0 Å². The van der Waals surface area contributed by atoms with Gasteiger partial charge in [0.05, 0.1) is 20.3 Å². The molecule has 0 saturated carbocycles. The van der Waals surface area contributed by atoms with Crippen LogP contribution in [0.25, 0.3) is 0 Å². The summed E-state index contributed by atoms with van der Waals surface area (Å²) in [5.41, 5.74) is 1.57. The number of methoxy groups -OCH3 is 2. The van der Waals surface area contributed by atoms with Crippen LogP contribution in [0.3, 0.4) is 0 Å². The first-order valence-electron chi connectivity index (χ1n) is 9.69. The lowest BCUT2D eigenvalue weighted by Crippen LogP contribution is -2.47. The van der Waals surface area contributed by atoms with Gasteiger partial charge in [-0.05, 0) is 53.9 Å². The van der Waals surface area contributed by atoms with Gasteiger partial charge in [-0.1, -0.05) is 20.8 Å². The maximum Gasteiger partial charge on any atom is 0.228 e. The molecule has 1 atom stereocenters. The van der Waals surface area contributed by atoms with Crippen molar-refractivity contribution >= 4 is 5.91 Å². The lowest BCUT2D eigenvalue weighted by atomic mass is 9.88. The summed E-state index contributed by atoms with van der Waals surface area (Å²) in [5, 5.41) is 0. The Kier molecular flexibility index (Phi) is 6.01. The Morgan fingerprint density at radius 2 is 1.72 bits per heavy atom. The van der Waals surface area contributed by atoms with Crippen molar-refractivity contribution in [3.63, 3.8) is 0 Å². The number of ether oxygens (including phenoxy) is 3. The minimum atomic E-state index is -0.512. The maximum absolute atomic E-state index is 13.2. The molecular formula is C23H28FNO4. The van der Waals surface area contributed by atoms with Crippen LogP contribution in [-0.4, -0.2) is 38.2 Å². The van der Waals surface area contributed by atoms with Crippen LogP contribution in [-0.2, 0) is 11.2 Å². The highest BCUT2D eigenvalue weighted by atomic mass is 19.1. The first kappa shape index (κ1) is 21.0. The molecule has 0 bridgehead atoms. The monoisotopic (exact) mass is 401 g/mol. The van der Waals surface area contributed by atoms with Gasteiger partial charge in [0.1, 0.15) is 18.2 Å². The minimum Gasteiger partial charge on any atom is -0.493 e.